The Hall–Kier alpha value is -3.32. The van der Waals surface area contributed by atoms with Crippen molar-refractivity contribution in [3.8, 4) is 11.1 Å². The fourth-order valence-electron chi connectivity index (χ4n) is 4.56. The highest BCUT2D eigenvalue weighted by molar-refractivity contribution is 5.70. The number of aliphatic hydroxyl groups excluding tert-OH is 1. The lowest BCUT2D eigenvalue weighted by atomic mass is 9.83. The van der Waals surface area contributed by atoms with E-state index in [1.165, 1.54) is 24.3 Å². The lowest BCUT2D eigenvalue weighted by molar-refractivity contribution is -0.0815. The molecule has 0 radical (unpaired) electrons. The maximum atomic E-state index is 14.1. The highest BCUT2D eigenvalue weighted by atomic mass is 19.1. The van der Waals surface area contributed by atoms with E-state index >= 15 is 0 Å². The summed E-state index contributed by atoms with van der Waals surface area (Å²) in [5, 5.41) is 10.1. The zero-order valence-corrected chi connectivity index (χ0v) is 19.0. The first-order valence-corrected chi connectivity index (χ1v) is 11.2. The van der Waals surface area contributed by atoms with Crippen molar-refractivity contribution in [2.75, 3.05) is 6.54 Å². The lowest BCUT2D eigenvalue weighted by Gasteiger charge is -2.44. The molecule has 7 heteroatoms. The van der Waals surface area contributed by atoms with Gasteiger partial charge in [-0.2, -0.15) is 0 Å². The first-order valence-electron chi connectivity index (χ1n) is 11.2. The second kappa shape index (κ2) is 9.50. The Balaban J connectivity index is 1.53. The first kappa shape index (κ1) is 23.8. The molecule has 1 aliphatic heterocycles. The number of cyclic esters (lactones) is 1. The number of carbonyl (C=O) groups excluding carboxylic acids is 1. The number of hydrogen-bond acceptors (Lipinski definition) is 3. The molecule has 3 aromatic rings. The number of nitrogens with zero attached hydrogens (tertiary/aromatic N) is 1. The van der Waals surface area contributed by atoms with E-state index in [4.69, 9.17) is 4.74 Å². The van der Waals surface area contributed by atoms with Crippen LogP contribution < -0.4 is 0 Å². The Kier molecular flexibility index (Phi) is 6.66. The van der Waals surface area contributed by atoms with Crippen LogP contribution in [0.1, 0.15) is 43.9 Å². The molecule has 1 fully saturated rings. The third-order valence-corrected chi connectivity index (χ3v) is 6.37. The SMILES string of the molecule is C[C@H](O)C[C@]1(c2ccc(F)cc2)CCN([C@@H](C)c2ccc(-c3ccc(F)cc3F)cc2)C(=O)O1. The van der Waals surface area contributed by atoms with Crippen LogP contribution >= 0.6 is 0 Å². The quantitative estimate of drug-likeness (QED) is 0.458. The summed E-state index contributed by atoms with van der Waals surface area (Å²) in [6.45, 7) is 3.87. The van der Waals surface area contributed by atoms with E-state index in [0.717, 1.165) is 11.6 Å². The minimum atomic E-state index is -1.04. The second-order valence-electron chi connectivity index (χ2n) is 8.79. The standard InChI is InChI=1S/C27H26F3NO3/c1-17(32)16-27(21-7-9-22(28)10-8-21)13-14-31(26(33)34-27)18(2)19-3-5-20(6-4-19)24-12-11-23(29)15-25(24)30/h3-12,15,17-18,32H,13-14,16H2,1-2H3/t17-,18-,27-/m0/s1. The van der Waals surface area contributed by atoms with Crippen LogP contribution in [-0.2, 0) is 10.3 Å². The number of carbonyl (C=O) groups is 1. The van der Waals surface area contributed by atoms with E-state index in [9.17, 15) is 23.1 Å². The van der Waals surface area contributed by atoms with Crippen molar-refractivity contribution in [3.05, 3.63) is 95.3 Å². The van der Waals surface area contributed by atoms with Crippen LogP contribution in [0.5, 0.6) is 0 Å². The number of amides is 1. The molecule has 0 aromatic heterocycles. The van der Waals surface area contributed by atoms with Gasteiger partial charge in [-0.05, 0) is 54.8 Å². The number of benzene rings is 3. The van der Waals surface area contributed by atoms with Crippen LogP contribution in [0.25, 0.3) is 11.1 Å². The molecule has 34 heavy (non-hydrogen) atoms. The predicted molar refractivity (Wildman–Crippen MR) is 122 cm³/mol. The third-order valence-electron chi connectivity index (χ3n) is 6.37. The molecular formula is C27H26F3NO3. The van der Waals surface area contributed by atoms with Gasteiger partial charge in [0.15, 0.2) is 0 Å². The van der Waals surface area contributed by atoms with Crippen molar-refractivity contribution < 1.29 is 27.8 Å². The Labute approximate surface area is 196 Å². The van der Waals surface area contributed by atoms with E-state index in [1.807, 2.05) is 6.92 Å². The number of aliphatic hydroxyl groups is 1. The molecule has 1 heterocycles. The summed E-state index contributed by atoms with van der Waals surface area (Å²) in [5.74, 6) is -1.67. The minimum absolute atomic E-state index is 0.199. The number of rotatable bonds is 6. The molecule has 0 unspecified atom stereocenters. The average molecular weight is 470 g/mol. The fraction of sp³-hybridized carbons (Fsp3) is 0.296. The molecule has 0 spiro atoms. The average Bonchev–Trinajstić information content (AvgIpc) is 2.79. The van der Waals surface area contributed by atoms with Crippen molar-refractivity contribution in [1.82, 2.24) is 4.90 Å². The molecule has 0 bridgehead atoms. The monoisotopic (exact) mass is 469 g/mol. The number of hydrogen-bond donors (Lipinski definition) is 1. The van der Waals surface area contributed by atoms with Crippen LogP contribution in [0.15, 0.2) is 66.7 Å². The molecule has 1 N–H and O–H groups in total. The molecule has 0 saturated carbocycles. The van der Waals surface area contributed by atoms with Gasteiger partial charge in [-0.3, -0.25) is 0 Å². The van der Waals surface area contributed by atoms with Crippen LogP contribution in [0.4, 0.5) is 18.0 Å². The molecule has 1 saturated heterocycles. The largest absolute Gasteiger partial charge is 0.438 e. The molecule has 1 aliphatic rings. The van der Waals surface area contributed by atoms with Crippen LogP contribution in [0.3, 0.4) is 0 Å². The van der Waals surface area contributed by atoms with Gasteiger partial charge in [0.2, 0.25) is 0 Å². The van der Waals surface area contributed by atoms with Gasteiger partial charge >= 0.3 is 6.09 Å². The van der Waals surface area contributed by atoms with E-state index in [-0.39, 0.29) is 12.5 Å². The lowest BCUT2D eigenvalue weighted by Crippen LogP contribution is -2.49. The van der Waals surface area contributed by atoms with Crippen molar-refractivity contribution in [2.45, 2.75) is 44.4 Å². The number of ether oxygens (including phenoxy) is 1. The molecule has 3 atom stereocenters. The van der Waals surface area contributed by atoms with Crippen molar-refractivity contribution >= 4 is 6.09 Å². The van der Waals surface area contributed by atoms with Crippen LogP contribution in [-0.4, -0.2) is 28.7 Å². The van der Waals surface area contributed by atoms with Gasteiger partial charge < -0.3 is 14.7 Å². The van der Waals surface area contributed by atoms with Gasteiger partial charge in [0.25, 0.3) is 0 Å². The Morgan fingerprint density at radius 3 is 2.21 bits per heavy atom. The summed E-state index contributed by atoms with van der Waals surface area (Å²) in [7, 11) is 0. The molecule has 4 nitrogen and oxygen atoms in total. The van der Waals surface area contributed by atoms with Crippen molar-refractivity contribution in [1.29, 1.82) is 0 Å². The summed E-state index contributed by atoms with van der Waals surface area (Å²) in [6.07, 6.45) is -0.623. The zero-order valence-electron chi connectivity index (χ0n) is 19.0. The first-order chi connectivity index (χ1) is 16.2. The van der Waals surface area contributed by atoms with E-state index in [1.54, 1.807) is 48.2 Å². The highest BCUT2D eigenvalue weighted by Crippen LogP contribution is 2.40. The van der Waals surface area contributed by atoms with Gasteiger partial charge in [0, 0.05) is 31.0 Å². The van der Waals surface area contributed by atoms with Crippen LogP contribution in [0.2, 0.25) is 0 Å². The maximum absolute atomic E-state index is 14.1. The Bertz CT molecular complexity index is 1160. The summed E-state index contributed by atoms with van der Waals surface area (Å²) < 4.78 is 46.7. The normalized spacial score (nSPS) is 20.1. The second-order valence-corrected chi connectivity index (χ2v) is 8.79. The smallest absolute Gasteiger partial charge is 0.411 e. The summed E-state index contributed by atoms with van der Waals surface area (Å²) >= 11 is 0. The molecule has 178 valence electrons. The van der Waals surface area contributed by atoms with E-state index in [0.29, 0.717) is 29.7 Å². The van der Waals surface area contributed by atoms with Gasteiger partial charge in [-0.15, -0.1) is 0 Å². The van der Waals surface area contributed by atoms with E-state index in [2.05, 4.69) is 0 Å². The molecular weight excluding hydrogens is 443 g/mol. The summed E-state index contributed by atoms with van der Waals surface area (Å²) in [4.78, 5) is 14.7. The molecule has 1 amide bonds. The van der Waals surface area contributed by atoms with Gasteiger partial charge in [0.05, 0.1) is 12.1 Å². The molecule has 0 aliphatic carbocycles. The molecule has 4 rings (SSSR count). The van der Waals surface area contributed by atoms with Crippen LogP contribution in [0, 0.1) is 17.5 Å². The Morgan fingerprint density at radius 2 is 1.62 bits per heavy atom. The highest BCUT2D eigenvalue weighted by Gasteiger charge is 2.44. The maximum Gasteiger partial charge on any atom is 0.411 e. The number of halogens is 3. The summed E-state index contributed by atoms with van der Waals surface area (Å²) in [5.41, 5.74) is 1.32. The third kappa shape index (κ3) is 4.80. The zero-order chi connectivity index (χ0) is 24.5. The van der Waals surface area contributed by atoms with Crippen molar-refractivity contribution in [2.24, 2.45) is 0 Å². The fourth-order valence-corrected chi connectivity index (χ4v) is 4.56. The Morgan fingerprint density at radius 1 is 0.971 bits per heavy atom. The van der Waals surface area contributed by atoms with Crippen molar-refractivity contribution in [3.63, 3.8) is 0 Å². The van der Waals surface area contributed by atoms with Gasteiger partial charge in [-0.1, -0.05) is 36.4 Å². The summed E-state index contributed by atoms with van der Waals surface area (Å²) in [6, 6.07) is 16.0. The van der Waals surface area contributed by atoms with E-state index < -0.39 is 35.2 Å². The van der Waals surface area contributed by atoms with Gasteiger partial charge in [0.1, 0.15) is 23.1 Å². The topological polar surface area (TPSA) is 49.8 Å². The predicted octanol–water partition coefficient (Wildman–Crippen LogP) is 6.34. The molecule has 3 aromatic carbocycles. The van der Waals surface area contributed by atoms with Gasteiger partial charge in [-0.25, -0.2) is 18.0 Å². The minimum Gasteiger partial charge on any atom is -0.438 e.